The summed E-state index contributed by atoms with van der Waals surface area (Å²) in [5.74, 6) is 0. The van der Waals surface area contributed by atoms with Crippen LogP contribution in [0.5, 0.6) is 0 Å². The van der Waals surface area contributed by atoms with Gasteiger partial charge in [-0.1, -0.05) is 21.3 Å². The van der Waals surface area contributed by atoms with Gasteiger partial charge in [-0.3, -0.25) is 0 Å². The van der Waals surface area contributed by atoms with Crippen molar-refractivity contribution in [3.05, 3.63) is 0 Å². The van der Waals surface area contributed by atoms with E-state index in [0.29, 0.717) is 0 Å². The van der Waals surface area contributed by atoms with E-state index in [1.54, 1.807) is 0 Å². The summed E-state index contributed by atoms with van der Waals surface area (Å²) < 4.78 is 18.8. The lowest BCUT2D eigenvalue weighted by Gasteiger charge is -1.71. The van der Waals surface area contributed by atoms with Crippen LogP contribution in [0.25, 0.3) is 0 Å². The first-order valence-electron chi connectivity index (χ1n) is 1.98. The number of sulfonamides is 1. The smallest absolute Gasteiger partial charge is 0.206 e. The fourth-order valence-electron chi connectivity index (χ4n) is 0. The molecule has 0 radical (unpaired) electrons. The molecule has 8 heavy (non-hydrogen) atoms. The van der Waals surface area contributed by atoms with Crippen LogP contribution in [0.4, 0.5) is 0 Å². The summed E-state index contributed by atoms with van der Waals surface area (Å²) in [4.78, 5) is 0. The molecule has 0 heterocycles. The van der Waals surface area contributed by atoms with Crippen molar-refractivity contribution in [2.45, 2.75) is 21.3 Å². The SMILES string of the molecule is C.CC.CS(N)(=O)=O. The van der Waals surface area contributed by atoms with E-state index in [4.69, 9.17) is 0 Å². The summed E-state index contributed by atoms with van der Waals surface area (Å²) in [6.07, 6.45) is 0.938. The Morgan fingerprint density at radius 3 is 1.25 bits per heavy atom. The molecule has 0 aromatic heterocycles. The molecular formula is C4H15NO2S. The van der Waals surface area contributed by atoms with Crippen LogP contribution >= 0.6 is 0 Å². The van der Waals surface area contributed by atoms with Crippen molar-refractivity contribution in [3.8, 4) is 0 Å². The van der Waals surface area contributed by atoms with E-state index in [1.807, 2.05) is 13.8 Å². The second-order valence-electron chi connectivity index (χ2n) is 0.830. The molecule has 4 heteroatoms. The van der Waals surface area contributed by atoms with Crippen molar-refractivity contribution in [2.75, 3.05) is 6.26 Å². The Morgan fingerprint density at radius 2 is 1.25 bits per heavy atom. The number of nitrogens with two attached hydrogens (primary N) is 1. The summed E-state index contributed by atoms with van der Waals surface area (Å²) >= 11 is 0. The highest BCUT2D eigenvalue weighted by Gasteiger charge is 1.78. The first-order valence-corrected chi connectivity index (χ1v) is 3.93. The maximum absolute atomic E-state index is 9.41. The molecule has 0 atom stereocenters. The second kappa shape index (κ2) is 6.91. The lowest BCUT2D eigenvalue weighted by molar-refractivity contribution is 0.603. The third-order valence-corrected chi connectivity index (χ3v) is 0. The zero-order chi connectivity index (χ0) is 6.50. The number of primary sulfonamides is 1. The number of hydrogen-bond donors (Lipinski definition) is 1. The van der Waals surface area contributed by atoms with Gasteiger partial charge < -0.3 is 0 Å². The van der Waals surface area contributed by atoms with Crippen molar-refractivity contribution in [1.29, 1.82) is 0 Å². The lowest BCUT2D eigenvalue weighted by atomic mass is 11.0. The second-order valence-corrected chi connectivity index (χ2v) is 2.49. The largest absolute Gasteiger partial charge is 0.229 e. The van der Waals surface area contributed by atoms with Gasteiger partial charge in [0.2, 0.25) is 10.0 Å². The summed E-state index contributed by atoms with van der Waals surface area (Å²) in [6.45, 7) is 4.00. The third-order valence-electron chi connectivity index (χ3n) is 0. The first kappa shape index (κ1) is 15.7. The van der Waals surface area contributed by atoms with Crippen molar-refractivity contribution >= 4 is 10.0 Å². The molecule has 3 nitrogen and oxygen atoms in total. The highest BCUT2D eigenvalue weighted by Crippen LogP contribution is 1.52. The average Bonchev–Trinajstić information content (AvgIpc) is 1.36. The molecule has 0 spiro atoms. The molecule has 54 valence electrons. The Labute approximate surface area is 51.9 Å². The van der Waals surface area contributed by atoms with Crippen molar-refractivity contribution in [3.63, 3.8) is 0 Å². The minimum Gasteiger partial charge on any atom is -0.229 e. The van der Waals surface area contributed by atoms with Crippen LogP contribution in [0.1, 0.15) is 21.3 Å². The van der Waals surface area contributed by atoms with Gasteiger partial charge in [0.1, 0.15) is 0 Å². The molecule has 0 aromatic rings. The molecule has 0 aliphatic rings. The van der Waals surface area contributed by atoms with E-state index < -0.39 is 10.0 Å². The molecule has 0 unspecified atom stereocenters. The normalized spacial score (nSPS) is 8.00. The van der Waals surface area contributed by atoms with Gasteiger partial charge in [-0.05, 0) is 0 Å². The minimum absolute atomic E-state index is 0. The molecule has 0 aliphatic heterocycles. The van der Waals surface area contributed by atoms with E-state index in [1.165, 1.54) is 0 Å². The van der Waals surface area contributed by atoms with Gasteiger partial charge in [0.05, 0.1) is 6.26 Å². The summed E-state index contributed by atoms with van der Waals surface area (Å²) in [6, 6.07) is 0. The maximum Gasteiger partial charge on any atom is 0.206 e. The molecule has 0 saturated carbocycles. The minimum atomic E-state index is -3.17. The lowest BCUT2D eigenvalue weighted by Crippen LogP contribution is -2.07. The molecule has 0 amide bonds. The van der Waals surface area contributed by atoms with Crippen LogP contribution in [0.15, 0.2) is 0 Å². The third kappa shape index (κ3) is 17600. The molecule has 0 bridgehead atoms. The van der Waals surface area contributed by atoms with E-state index in [9.17, 15) is 8.42 Å². The monoisotopic (exact) mass is 141 g/mol. The van der Waals surface area contributed by atoms with E-state index in [0.717, 1.165) is 6.26 Å². The molecule has 0 saturated heterocycles. The van der Waals surface area contributed by atoms with Crippen LogP contribution in [0, 0.1) is 0 Å². The Morgan fingerprint density at radius 1 is 1.25 bits per heavy atom. The molecule has 0 aliphatic carbocycles. The number of rotatable bonds is 0. The standard InChI is InChI=1S/C2H6.CH5NO2S.CH4/c1-2;1-5(2,3)4;/h1-2H3;1H3,(H2,2,3,4);1H4. The van der Waals surface area contributed by atoms with Gasteiger partial charge in [0.25, 0.3) is 0 Å². The zero-order valence-corrected chi connectivity index (χ0v) is 5.62. The fourth-order valence-corrected chi connectivity index (χ4v) is 0. The van der Waals surface area contributed by atoms with E-state index in [-0.39, 0.29) is 7.43 Å². The van der Waals surface area contributed by atoms with Gasteiger partial charge in [-0.15, -0.1) is 0 Å². The van der Waals surface area contributed by atoms with Crippen molar-refractivity contribution in [1.82, 2.24) is 0 Å². The Balaban J connectivity index is -0.0000000750. The summed E-state index contributed by atoms with van der Waals surface area (Å²) in [7, 11) is -3.17. The molecule has 0 aromatic carbocycles. The van der Waals surface area contributed by atoms with Gasteiger partial charge in [-0.25, -0.2) is 13.6 Å². The summed E-state index contributed by atoms with van der Waals surface area (Å²) in [5, 5.41) is 4.33. The molecule has 2 N–H and O–H groups in total. The van der Waals surface area contributed by atoms with Gasteiger partial charge in [0.15, 0.2) is 0 Å². The average molecular weight is 141 g/mol. The molecule has 0 fully saturated rings. The predicted octanol–water partition coefficient (Wildman–Crippen LogP) is 0.567. The van der Waals surface area contributed by atoms with Gasteiger partial charge >= 0.3 is 0 Å². The quantitative estimate of drug-likeness (QED) is 0.536. The predicted molar refractivity (Wildman–Crippen MR) is 37.1 cm³/mol. The highest BCUT2D eigenvalue weighted by molar-refractivity contribution is 7.88. The van der Waals surface area contributed by atoms with Crippen LogP contribution in [-0.2, 0) is 10.0 Å². The van der Waals surface area contributed by atoms with Crippen LogP contribution in [-0.4, -0.2) is 14.7 Å². The van der Waals surface area contributed by atoms with Crippen LogP contribution in [0.2, 0.25) is 0 Å². The maximum atomic E-state index is 9.41. The summed E-state index contributed by atoms with van der Waals surface area (Å²) in [5.41, 5.74) is 0. The highest BCUT2D eigenvalue weighted by atomic mass is 32.2. The Bertz CT molecular complexity index is 97.2. The van der Waals surface area contributed by atoms with E-state index >= 15 is 0 Å². The first-order chi connectivity index (χ1) is 3.00. The number of hydrogen-bond acceptors (Lipinski definition) is 2. The Kier molecular flexibility index (Phi) is 13.5. The van der Waals surface area contributed by atoms with E-state index in [2.05, 4.69) is 5.14 Å². The topological polar surface area (TPSA) is 60.2 Å². The van der Waals surface area contributed by atoms with Crippen LogP contribution < -0.4 is 5.14 Å². The van der Waals surface area contributed by atoms with Crippen molar-refractivity contribution in [2.24, 2.45) is 5.14 Å². The van der Waals surface area contributed by atoms with Crippen LogP contribution in [0.3, 0.4) is 0 Å². The fraction of sp³-hybridized carbons (Fsp3) is 1.00. The zero-order valence-electron chi connectivity index (χ0n) is 4.80. The Hall–Kier alpha value is -0.0900. The van der Waals surface area contributed by atoms with Gasteiger partial charge in [-0.2, -0.15) is 0 Å². The van der Waals surface area contributed by atoms with Gasteiger partial charge in [0, 0.05) is 0 Å². The molecule has 0 rings (SSSR count). The van der Waals surface area contributed by atoms with Crippen molar-refractivity contribution < 1.29 is 8.42 Å². The molecular weight excluding hydrogens is 126 g/mol.